The first-order valence-corrected chi connectivity index (χ1v) is 14.2. The molecule has 0 bridgehead atoms. The number of hydrogen-bond acceptors (Lipinski definition) is 7. The molecule has 206 valence electrons. The number of amidine groups is 2. The second-order valence-corrected chi connectivity index (χ2v) is 11.5. The van der Waals surface area contributed by atoms with E-state index in [1.54, 1.807) is 24.3 Å². The Bertz CT molecular complexity index is 1570. The fourth-order valence-corrected chi connectivity index (χ4v) is 6.20. The van der Waals surface area contributed by atoms with Gasteiger partial charge in [-0.1, -0.05) is 23.7 Å². The van der Waals surface area contributed by atoms with Crippen LogP contribution < -0.4 is 4.90 Å². The molecule has 0 radical (unpaired) electrons. The summed E-state index contributed by atoms with van der Waals surface area (Å²) in [6.45, 7) is 6.59. The molecule has 1 fully saturated rings. The van der Waals surface area contributed by atoms with Crippen LogP contribution in [0.25, 0.3) is 0 Å². The van der Waals surface area contributed by atoms with E-state index in [1.165, 1.54) is 11.3 Å². The first-order chi connectivity index (χ1) is 19.1. The van der Waals surface area contributed by atoms with Gasteiger partial charge in [-0.3, -0.25) is 25.5 Å². The molecule has 1 amide bonds. The van der Waals surface area contributed by atoms with E-state index in [1.807, 2.05) is 54.8 Å². The van der Waals surface area contributed by atoms with Crippen LogP contribution in [0.4, 0.5) is 5.00 Å². The molecule has 0 spiro atoms. The van der Waals surface area contributed by atoms with Crippen molar-refractivity contribution in [3.63, 3.8) is 0 Å². The maximum Gasteiger partial charge on any atom is 0.225 e. The van der Waals surface area contributed by atoms with Crippen molar-refractivity contribution in [2.24, 2.45) is 12.0 Å². The Balaban J connectivity index is 1.62. The molecule has 2 aliphatic heterocycles. The molecule has 4 heterocycles. The topological polar surface area (TPSA) is 105 Å². The van der Waals surface area contributed by atoms with Crippen LogP contribution in [0.1, 0.15) is 40.6 Å². The first-order valence-electron chi connectivity index (χ1n) is 13.0. The minimum Gasteiger partial charge on any atom is -0.340 e. The molecule has 2 aromatic heterocycles. The van der Waals surface area contributed by atoms with Gasteiger partial charge in [0.25, 0.3) is 0 Å². The number of anilines is 1. The number of halogens is 1. The van der Waals surface area contributed by atoms with E-state index in [0.29, 0.717) is 28.8 Å². The Morgan fingerprint density at radius 2 is 1.85 bits per heavy atom. The van der Waals surface area contributed by atoms with Crippen LogP contribution in [0.2, 0.25) is 5.02 Å². The SMILES string of the molecule is CC(=N)N1C(=N)[C@H](CC(=O)N2CCN(C)CC2)N=C(c2ccc(Cl)cc2)c2c1sc(C#Cc1cncn1C)c2C. The van der Waals surface area contributed by atoms with Crippen LogP contribution in [0.5, 0.6) is 0 Å². The minimum atomic E-state index is -0.749. The van der Waals surface area contributed by atoms with Crippen LogP contribution in [0.15, 0.2) is 41.8 Å². The van der Waals surface area contributed by atoms with E-state index in [4.69, 9.17) is 22.0 Å². The van der Waals surface area contributed by atoms with Gasteiger partial charge >= 0.3 is 0 Å². The van der Waals surface area contributed by atoms with Gasteiger partial charge < -0.3 is 14.4 Å². The maximum atomic E-state index is 13.4. The number of aromatic nitrogens is 2. The third-order valence-corrected chi connectivity index (χ3v) is 8.65. The molecule has 5 rings (SSSR count). The average Bonchev–Trinajstić information content (AvgIpc) is 3.44. The molecule has 0 unspecified atom stereocenters. The highest BCUT2D eigenvalue weighted by molar-refractivity contribution is 7.17. The van der Waals surface area contributed by atoms with E-state index >= 15 is 0 Å². The molecule has 1 atom stereocenters. The fourth-order valence-electron chi connectivity index (χ4n) is 4.84. The average molecular weight is 575 g/mol. The number of nitrogens with zero attached hydrogens (tertiary/aromatic N) is 6. The lowest BCUT2D eigenvalue weighted by molar-refractivity contribution is -0.132. The van der Waals surface area contributed by atoms with Crippen LogP contribution >= 0.6 is 22.9 Å². The summed E-state index contributed by atoms with van der Waals surface area (Å²) >= 11 is 7.64. The number of aryl methyl sites for hydroxylation is 1. The van der Waals surface area contributed by atoms with E-state index in [-0.39, 0.29) is 24.0 Å². The molecule has 11 heteroatoms. The fraction of sp³-hybridized carbons (Fsp3) is 0.345. The van der Waals surface area contributed by atoms with Crippen LogP contribution in [-0.4, -0.2) is 81.9 Å². The molecule has 1 saturated heterocycles. The summed E-state index contributed by atoms with van der Waals surface area (Å²) in [5.74, 6) is 6.72. The van der Waals surface area contributed by atoms with E-state index in [9.17, 15) is 10.2 Å². The van der Waals surface area contributed by atoms with Gasteiger partial charge in [-0.15, -0.1) is 11.3 Å². The summed E-state index contributed by atoms with van der Waals surface area (Å²) in [7, 11) is 3.94. The zero-order valence-corrected chi connectivity index (χ0v) is 24.5. The van der Waals surface area contributed by atoms with Crippen molar-refractivity contribution in [2.45, 2.75) is 26.3 Å². The first kappa shape index (κ1) is 27.8. The highest BCUT2D eigenvalue weighted by atomic mass is 35.5. The lowest BCUT2D eigenvalue weighted by Gasteiger charge is -2.33. The summed E-state index contributed by atoms with van der Waals surface area (Å²) in [6, 6.07) is 6.67. The number of carbonyl (C=O) groups is 1. The zero-order valence-electron chi connectivity index (χ0n) is 23.0. The molecule has 0 saturated carbocycles. The quantitative estimate of drug-likeness (QED) is 0.280. The van der Waals surface area contributed by atoms with E-state index in [0.717, 1.165) is 40.4 Å². The normalized spacial score (nSPS) is 17.6. The van der Waals surface area contributed by atoms with Crippen molar-refractivity contribution in [1.29, 1.82) is 10.8 Å². The van der Waals surface area contributed by atoms with Crippen LogP contribution in [0, 0.1) is 29.6 Å². The Kier molecular flexibility index (Phi) is 7.90. The van der Waals surface area contributed by atoms with Crippen LogP contribution in [-0.2, 0) is 11.8 Å². The number of fused-ring (bicyclic) bond motifs is 1. The summed E-state index contributed by atoms with van der Waals surface area (Å²) in [5.41, 5.74) is 4.00. The lowest BCUT2D eigenvalue weighted by atomic mass is 9.99. The largest absolute Gasteiger partial charge is 0.340 e. The molecule has 9 nitrogen and oxygen atoms in total. The molecule has 2 aliphatic rings. The van der Waals surface area contributed by atoms with Crippen molar-refractivity contribution in [3.05, 3.63) is 69.1 Å². The molecule has 40 heavy (non-hydrogen) atoms. The molecular formula is C29H31ClN8OS. The number of amides is 1. The number of aliphatic imine (C=N–C) groups is 1. The molecule has 1 aromatic carbocycles. The van der Waals surface area contributed by atoms with Crippen molar-refractivity contribution >= 4 is 51.2 Å². The third-order valence-electron chi connectivity index (χ3n) is 7.21. The molecule has 2 N–H and O–H groups in total. The highest BCUT2D eigenvalue weighted by Gasteiger charge is 2.36. The summed E-state index contributed by atoms with van der Waals surface area (Å²) in [6.07, 6.45) is 3.48. The predicted octanol–water partition coefficient (Wildman–Crippen LogP) is 4.01. The smallest absolute Gasteiger partial charge is 0.225 e. The molecular weight excluding hydrogens is 544 g/mol. The number of carbonyl (C=O) groups excluding carboxylic acids is 1. The summed E-state index contributed by atoms with van der Waals surface area (Å²) in [5, 5.41) is 19.1. The van der Waals surface area contributed by atoms with Gasteiger partial charge in [-0.2, -0.15) is 0 Å². The van der Waals surface area contributed by atoms with E-state index in [2.05, 4.69) is 21.7 Å². The molecule has 0 aliphatic carbocycles. The van der Waals surface area contributed by atoms with Crippen molar-refractivity contribution in [1.82, 2.24) is 19.4 Å². The second-order valence-electron chi connectivity index (χ2n) is 10.1. The maximum absolute atomic E-state index is 13.4. The van der Waals surface area contributed by atoms with Gasteiger partial charge in [0.15, 0.2) is 0 Å². The number of piperazine rings is 1. The van der Waals surface area contributed by atoms with Crippen molar-refractivity contribution in [3.8, 4) is 11.8 Å². The van der Waals surface area contributed by atoms with Crippen LogP contribution in [0.3, 0.4) is 0 Å². The molecule has 3 aromatic rings. The Morgan fingerprint density at radius 3 is 2.48 bits per heavy atom. The number of nitrogens with one attached hydrogen (secondary N) is 2. The second kappa shape index (κ2) is 11.4. The number of thiophene rings is 1. The Labute approximate surface area is 243 Å². The monoisotopic (exact) mass is 574 g/mol. The standard InChI is InChI=1S/C29H31ClN8OS/c1-18-24(10-9-22-16-33-17-36(22)4)40-29-26(18)27(20-5-7-21(30)8-6-20)34-23(28(32)38(29)19(2)31)15-25(39)37-13-11-35(3)12-14-37/h5-8,16-17,23,31-32H,11-15H2,1-4H3/t23-/m0/s1. The number of likely N-dealkylation sites (N-methyl/N-ethyl adjacent to an activating group) is 1. The lowest BCUT2D eigenvalue weighted by Crippen LogP contribution is -2.49. The summed E-state index contributed by atoms with van der Waals surface area (Å²) in [4.78, 5) is 29.1. The van der Waals surface area contributed by atoms with E-state index < -0.39 is 6.04 Å². The number of benzene rings is 1. The Morgan fingerprint density at radius 1 is 1.15 bits per heavy atom. The van der Waals surface area contributed by atoms with Crippen molar-refractivity contribution in [2.75, 3.05) is 38.1 Å². The number of hydrogen-bond donors (Lipinski definition) is 2. The Hall–Kier alpha value is -3.78. The third kappa shape index (κ3) is 5.45. The van der Waals surface area contributed by atoms with Gasteiger partial charge in [0.05, 0.1) is 29.5 Å². The summed E-state index contributed by atoms with van der Waals surface area (Å²) < 4.78 is 1.85. The number of imidazole rings is 1. The van der Waals surface area contributed by atoms with Gasteiger partial charge in [0, 0.05) is 49.4 Å². The van der Waals surface area contributed by atoms with Gasteiger partial charge in [0.2, 0.25) is 5.91 Å². The highest BCUT2D eigenvalue weighted by Crippen LogP contribution is 2.40. The zero-order chi connectivity index (χ0) is 28.6. The van der Waals surface area contributed by atoms with Gasteiger partial charge in [-0.25, -0.2) is 4.98 Å². The van der Waals surface area contributed by atoms with Crippen molar-refractivity contribution < 1.29 is 4.79 Å². The van der Waals surface area contributed by atoms with Gasteiger partial charge in [0.1, 0.15) is 28.4 Å². The predicted molar refractivity (Wildman–Crippen MR) is 161 cm³/mol. The number of rotatable bonds is 3. The van der Waals surface area contributed by atoms with Gasteiger partial charge in [-0.05, 0) is 50.4 Å². The minimum absolute atomic E-state index is 0.0330.